The average Bonchev–Trinajstić information content (AvgIpc) is 2.03. The van der Waals surface area contributed by atoms with Crippen molar-refractivity contribution >= 4 is 0 Å². The van der Waals surface area contributed by atoms with Gasteiger partial charge in [-0.2, -0.15) is 0 Å². The molecule has 0 aromatic carbocycles. The zero-order valence-corrected chi connectivity index (χ0v) is 7.10. The summed E-state index contributed by atoms with van der Waals surface area (Å²) in [6.07, 6.45) is 2.96. The van der Waals surface area contributed by atoms with Crippen LogP contribution in [0, 0.1) is 0 Å². The standard InChI is InChI=1S/C8H19N3/c1-2-3-5-10-7-8-11-6-4-9/h2,10-11H,1,3-9H2. The number of hydrogen-bond donors (Lipinski definition) is 3. The smallest absolute Gasteiger partial charge is 0.00772 e. The molecule has 0 heterocycles. The largest absolute Gasteiger partial charge is 0.329 e. The van der Waals surface area contributed by atoms with Crippen LogP contribution in [-0.4, -0.2) is 32.7 Å². The summed E-state index contributed by atoms with van der Waals surface area (Å²) in [5.41, 5.74) is 5.29. The molecular formula is C8H19N3. The van der Waals surface area contributed by atoms with Crippen LogP contribution in [0.1, 0.15) is 6.42 Å². The lowest BCUT2D eigenvalue weighted by Crippen LogP contribution is -2.30. The maximum atomic E-state index is 5.29. The Kier molecular flexibility index (Phi) is 9.29. The summed E-state index contributed by atoms with van der Waals surface area (Å²) in [6, 6.07) is 0. The molecule has 0 aliphatic rings. The maximum absolute atomic E-state index is 5.29. The predicted octanol–water partition coefficient (Wildman–Crippen LogP) is -0.300. The van der Waals surface area contributed by atoms with Crippen molar-refractivity contribution in [2.45, 2.75) is 6.42 Å². The molecule has 0 rings (SSSR count). The summed E-state index contributed by atoms with van der Waals surface area (Å²) >= 11 is 0. The Morgan fingerprint density at radius 1 is 1.09 bits per heavy atom. The second-order valence-electron chi connectivity index (χ2n) is 2.37. The van der Waals surface area contributed by atoms with E-state index >= 15 is 0 Å². The van der Waals surface area contributed by atoms with Gasteiger partial charge in [-0.15, -0.1) is 6.58 Å². The third-order valence-electron chi connectivity index (χ3n) is 1.32. The first kappa shape index (κ1) is 10.6. The minimum absolute atomic E-state index is 0.715. The van der Waals surface area contributed by atoms with Gasteiger partial charge in [-0.1, -0.05) is 6.08 Å². The van der Waals surface area contributed by atoms with Crippen molar-refractivity contribution < 1.29 is 0 Å². The Bertz CT molecular complexity index is 83.4. The maximum Gasteiger partial charge on any atom is 0.00772 e. The number of rotatable bonds is 8. The van der Waals surface area contributed by atoms with Crippen molar-refractivity contribution in [3.05, 3.63) is 12.7 Å². The zero-order chi connectivity index (χ0) is 8.36. The van der Waals surface area contributed by atoms with Crippen molar-refractivity contribution in [2.24, 2.45) is 5.73 Å². The van der Waals surface area contributed by atoms with E-state index in [-0.39, 0.29) is 0 Å². The Morgan fingerprint density at radius 2 is 1.73 bits per heavy atom. The van der Waals surface area contributed by atoms with Crippen molar-refractivity contribution in [1.82, 2.24) is 10.6 Å². The molecule has 0 aliphatic heterocycles. The van der Waals surface area contributed by atoms with E-state index in [1.54, 1.807) is 0 Å². The van der Waals surface area contributed by atoms with Gasteiger partial charge in [0.05, 0.1) is 0 Å². The van der Waals surface area contributed by atoms with E-state index in [1.807, 2.05) is 6.08 Å². The molecular weight excluding hydrogens is 138 g/mol. The molecule has 4 N–H and O–H groups in total. The average molecular weight is 157 g/mol. The molecule has 0 aliphatic carbocycles. The number of hydrogen-bond acceptors (Lipinski definition) is 3. The van der Waals surface area contributed by atoms with Gasteiger partial charge < -0.3 is 16.4 Å². The van der Waals surface area contributed by atoms with Crippen molar-refractivity contribution in [1.29, 1.82) is 0 Å². The molecule has 0 aromatic heterocycles. The van der Waals surface area contributed by atoms with E-state index in [9.17, 15) is 0 Å². The van der Waals surface area contributed by atoms with Crippen LogP contribution in [0.3, 0.4) is 0 Å². The molecule has 0 saturated carbocycles. The topological polar surface area (TPSA) is 50.1 Å². The summed E-state index contributed by atoms with van der Waals surface area (Å²) in [5.74, 6) is 0. The molecule has 0 unspecified atom stereocenters. The van der Waals surface area contributed by atoms with Gasteiger partial charge >= 0.3 is 0 Å². The van der Waals surface area contributed by atoms with Gasteiger partial charge in [0.1, 0.15) is 0 Å². The van der Waals surface area contributed by atoms with Crippen LogP contribution in [0.4, 0.5) is 0 Å². The van der Waals surface area contributed by atoms with Crippen molar-refractivity contribution in [2.75, 3.05) is 32.7 Å². The fraction of sp³-hybridized carbons (Fsp3) is 0.750. The second kappa shape index (κ2) is 9.62. The number of nitrogens with two attached hydrogens (primary N) is 1. The Labute approximate surface area is 69.0 Å². The molecule has 0 saturated heterocycles. The van der Waals surface area contributed by atoms with Crippen LogP contribution in [0.25, 0.3) is 0 Å². The second-order valence-corrected chi connectivity index (χ2v) is 2.37. The van der Waals surface area contributed by atoms with Gasteiger partial charge in [-0.3, -0.25) is 0 Å². The lowest BCUT2D eigenvalue weighted by Gasteiger charge is -2.03. The minimum Gasteiger partial charge on any atom is -0.329 e. The van der Waals surface area contributed by atoms with Crippen LogP contribution < -0.4 is 16.4 Å². The van der Waals surface area contributed by atoms with Crippen LogP contribution in [0.2, 0.25) is 0 Å². The quantitative estimate of drug-likeness (QED) is 0.335. The van der Waals surface area contributed by atoms with Crippen LogP contribution >= 0.6 is 0 Å². The summed E-state index contributed by atoms with van der Waals surface area (Å²) in [5, 5.41) is 6.47. The highest BCUT2D eigenvalue weighted by Crippen LogP contribution is 1.73. The molecule has 3 nitrogen and oxygen atoms in total. The fourth-order valence-corrected chi connectivity index (χ4v) is 0.733. The summed E-state index contributed by atoms with van der Waals surface area (Å²) in [4.78, 5) is 0. The monoisotopic (exact) mass is 157 g/mol. The van der Waals surface area contributed by atoms with Crippen LogP contribution in [-0.2, 0) is 0 Å². The van der Waals surface area contributed by atoms with E-state index in [1.165, 1.54) is 0 Å². The first-order valence-corrected chi connectivity index (χ1v) is 4.14. The molecule has 0 amide bonds. The molecule has 0 spiro atoms. The third kappa shape index (κ3) is 9.62. The van der Waals surface area contributed by atoms with Gasteiger partial charge in [-0.25, -0.2) is 0 Å². The molecule has 0 radical (unpaired) electrons. The summed E-state index contributed by atoms with van der Waals surface area (Å²) < 4.78 is 0. The normalized spacial score (nSPS) is 9.91. The van der Waals surface area contributed by atoms with E-state index in [0.717, 1.165) is 32.6 Å². The van der Waals surface area contributed by atoms with Gasteiger partial charge in [0.25, 0.3) is 0 Å². The van der Waals surface area contributed by atoms with Gasteiger partial charge in [-0.05, 0) is 13.0 Å². The fourth-order valence-electron chi connectivity index (χ4n) is 0.733. The van der Waals surface area contributed by atoms with Gasteiger partial charge in [0.2, 0.25) is 0 Å². The number of nitrogens with one attached hydrogen (secondary N) is 2. The molecule has 0 fully saturated rings. The van der Waals surface area contributed by atoms with Gasteiger partial charge in [0.15, 0.2) is 0 Å². The van der Waals surface area contributed by atoms with Crippen LogP contribution in [0.5, 0.6) is 0 Å². The zero-order valence-electron chi connectivity index (χ0n) is 7.10. The van der Waals surface area contributed by atoms with Crippen LogP contribution in [0.15, 0.2) is 12.7 Å². The first-order valence-electron chi connectivity index (χ1n) is 4.14. The highest BCUT2D eigenvalue weighted by molar-refractivity contribution is 4.67. The Morgan fingerprint density at radius 3 is 2.27 bits per heavy atom. The van der Waals surface area contributed by atoms with E-state index < -0.39 is 0 Å². The molecule has 0 bridgehead atoms. The lowest BCUT2D eigenvalue weighted by atomic mass is 10.4. The summed E-state index contributed by atoms with van der Waals surface area (Å²) in [6.45, 7) is 8.28. The highest BCUT2D eigenvalue weighted by Gasteiger charge is 1.84. The Hall–Kier alpha value is -0.380. The third-order valence-corrected chi connectivity index (χ3v) is 1.32. The van der Waals surface area contributed by atoms with Gasteiger partial charge in [0, 0.05) is 26.2 Å². The van der Waals surface area contributed by atoms with Crippen molar-refractivity contribution in [3.8, 4) is 0 Å². The molecule has 66 valence electrons. The SMILES string of the molecule is C=CCCNCCNCCN. The molecule has 0 atom stereocenters. The first-order chi connectivity index (χ1) is 5.41. The van der Waals surface area contributed by atoms with Crippen molar-refractivity contribution in [3.63, 3.8) is 0 Å². The molecule has 3 heteroatoms. The lowest BCUT2D eigenvalue weighted by molar-refractivity contribution is 0.618. The van der Waals surface area contributed by atoms with E-state index in [2.05, 4.69) is 17.2 Å². The predicted molar refractivity (Wildman–Crippen MR) is 49.6 cm³/mol. The van der Waals surface area contributed by atoms with E-state index in [0.29, 0.717) is 6.54 Å². The van der Waals surface area contributed by atoms with E-state index in [4.69, 9.17) is 5.73 Å². The highest BCUT2D eigenvalue weighted by atomic mass is 14.9. The minimum atomic E-state index is 0.715. The Balaban J connectivity index is 2.74. The molecule has 11 heavy (non-hydrogen) atoms. The molecule has 0 aromatic rings. The summed E-state index contributed by atoms with van der Waals surface area (Å²) in [7, 11) is 0.